The molecule has 0 amide bonds. The highest BCUT2D eigenvalue weighted by molar-refractivity contribution is 5.85. The zero-order valence-electron chi connectivity index (χ0n) is 14.1. The number of hydrogen-bond acceptors (Lipinski definition) is 3. The van der Waals surface area contributed by atoms with E-state index in [4.69, 9.17) is 0 Å². The lowest BCUT2D eigenvalue weighted by Crippen LogP contribution is -2.46. The van der Waals surface area contributed by atoms with Gasteiger partial charge in [-0.25, -0.2) is 4.39 Å². The van der Waals surface area contributed by atoms with Crippen molar-refractivity contribution in [3.8, 4) is 5.75 Å². The molecule has 9 heteroatoms. The van der Waals surface area contributed by atoms with Gasteiger partial charge in [0.25, 0.3) is 0 Å². The van der Waals surface area contributed by atoms with E-state index >= 15 is 0 Å². The predicted octanol–water partition coefficient (Wildman–Crippen LogP) is 4.56. The first-order valence-corrected chi connectivity index (χ1v) is 7.81. The van der Waals surface area contributed by atoms with E-state index in [0.29, 0.717) is 0 Å². The molecule has 1 saturated heterocycles. The molecule has 0 spiro atoms. The van der Waals surface area contributed by atoms with Crippen LogP contribution in [-0.4, -0.2) is 37.4 Å². The molecule has 0 aliphatic carbocycles. The smallest absolute Gasteiger partial charge is 0.406 e. The van der Waals surface area contributed by atoms with Crippen LogP contribution < -0.4 is 10.1 Å². The van der Waals surface area contributed by atoms with Crippen LogP contribution in [0, 0.1) is 11.7 Å². The number of piperazine rings is 1. The molecule has 25 heavy (non-hydrogen) atoms. The Labute approximate surface area is 157 Å². The molecule has 2 atom stereocenters. The third kappa shape index (κ3) is 6.81. The van der Waals surface area contributed by atoms with Crippen LogP contribution in [0.25, 0.3) is 0 Å². The molecular weight excluding hydrogens is 383 g/mol. The van der Waals surface area contributed by atoms with Crippen molar-refractivity contribution in [1.82, 2.24) is 10.2 Å². The van der Waals surface area contributed by atoms with Gasteiger partial charge in [-0.05, 0) is 24.1 Å². The number of rotatable bonds is 5. The molecule has 2 rings (SSSR count). The van der Waals surface area contributed by atoms with Crippen molar-refractivity contribution in [2.45, 2.75) is 32.7 Å². The fraction of sp³-hybridized carbons (Fsp3) is 0.625. The van der Waals surface area contributed by atoms with E-state index in [2.05, 4.69) is 15.0 Å². The van der Waals surface area contributed by atoms with Crippen molar-refractivity contribution in [3.63, 3.8) is 0 Å². The molecule has 0 bridgehead atoms. The summed E-state index contributed by atoms with van der Waals surface area (Å²) in [5.74, 6) is -0.760. The summed E-state index contributed by atoms with van der Waals surface area (Å²) in [6, 6.07) is 2.98. The number of halogens is 6. The lowest BCUT2D eigenvalue weighted by atomic mass is 9.90. The Morgan fingerprint density at radius 3 is 2.32 bits per heavy atom. The second kappa shape index (κ2) is 10.4. The Balaban J connectivity index is 0.00000288. The minimum Gasteiger partial charge on any atom is -0.406 e. The molecule has 1 aliphatic rings. The molecule has 1 unspecified atom stereocenters. The van der Waals surface area contributed by atoms with Gasteiger partial charge in [0.2, 0.25) is 0 Å². The first-order valence-electron chi connectivity index (χ1n) is 7.81. The SMILES string of the molecule is CCC(C)[C@@H](c1cc(OC(F)(F)F)ccc1F)N1CCNCC1.Cl.Cl. The molecule has 146 valence electrons. The van der Waals surface area contributed by atoms with Crippen LogP contribution in [-0.2, 0) is 0 Å². The summed E-state index contributed by atoms with van der Waals surface area (Å²) >= 11 is 0. The van der Waals surface area contributed by atoms with Crippen molar-refractivity contribution in [1.29, 1.82) is 0 Å². The van der Waals surface area contributed by atoms with Crippen molar-refractivity contribution < 1.29 is 22.3 Å². The van der Waals surface area contributed by atoms with Crippen LogP contribution >= 0.6 is 24.8 Å². The van der Waals surface area contributed by atoms with E-state index in [1.54, 1.807) is 0 Å². The van der Waals surface area contributed by atoms with Gasteiger partial charge in [0, 0.05) is 37.8 Å². The summed E-state index contributed by atoms with van der Waals surface area (Å²) in [4.78, 5) is 2.13. The van der Waals surface area contributed by atoms with Crippen molar-refractivity contribution in [2.75, 3.05) is 26.2 Å². The van der Waals surface area contributed by atoms with Gasteiger partial charge < -0.3 is 10.1 Å². The van der Waals surface area contributed by atoms with Gasteiger partial charge >= 0.3 is 6.36 Å². The van der Waals surface area contributed by atoms with Crippen molar-refractivity contribution >= 4 is 24.8 Å². The molecule has 3 nitrogen and oxygen atoms in total. The van der Waals surface area contributed by atoms with Gasteiger partial charge in [0.15, 0.2) is 0 Å². The molecule has 1 aromatic carbocycles. The highest BCUT2D eigenvalue weighted by Gasteiger charge is 2.33. The van der Waals surface area contributed by atoms with Crippen LogP contribution in [0.4, 0.5) is 17.6 Å². The Morgan fingerprint density at radius 1 is 1.20 bits per heavy atom. The quantitative estimate of drug-likeness (QED) is 0.725. The van der Waals surface area contributed by atoms with Crippen molar-refractivity contribution in [3.05, 3.63) is 29.6 Å². The maximum absolute atomic E-state index is 14.3. The number of benzene rings is 1. The normalized spacial score (nSPS) is 17.8. The van der Waals surface area contributed by atoms with E-state index in [0.717, 1.165) is 44.7 Å². The summed E-state index contributed by atoms with van der Waals surface area (Å²) in [6.45, 7) is 7.02. The molecule has 0 radical (unpaired) electrons. The number of nitrogens with one attached hydrogen (secondary N) is 1. The number of ether oxygens (including phenoxy) is 1. The van der Waals surface area contributed by atoms with Gasteiger partial charge in [-0.2, -0.15) is 0 Å². The lowest BCUT2D eigenvalue weighted by molar-refractivity contribution is -0.274. The number of alkyl halides is 3. The molecule has 1 aromatic rings. The standard InChI is InChI=1S/C16H22F4N2O.2ClH/c1-3-11(2)15(22-8-6-21-7-9-22)13-10-12(4-5-14(13)17)23-16(18,19)20;;/h4-5,10-11,15,21H,3,6-9H2,1-2H3;2*1H/t11?,15-;;/m0../s1. The second-order valence-corrected chi connectivity index (χ2v) is 5.85. The summed E-state index contributed by atoms with van der Waals surface area (Å²) in [5, 5.41) is 3.23. The van der Waals surface area contributed by atoms with Gasteiger partial charge in [0.1, 0.15) is 11.6 Å². The van der Waals surface area contributed by atoms with Gasteiger partial charge in [-0.3, -0.25) is 4.90 Å². The summed E-state index contributed by atoms with van der Waals surface area (Å²) in [7, 11) is 0. The maximum atomic E-state index is 14.3. The molecule has 1 aliphatic heterocycles. The zero-order chi connectivity index (χ0) is 17.0. The molecule has 1 heterocycles. The summed E-state index contributed by atoms with van der Waals surface area (Å²) in [6.07, 6.45) is -3.98. The highest BCUT2D eigenvalue weighted by atomic mass is 35.5. The molecule has 1 N–H and O–H groups in total. The van der Waals surface area contributed by atoms with Gasteiger partial charge in [0.05, 0.1) is 0 Å². The van der Waals surface area contributed by atoms with Crippen LogP contribution in [0.15, 0.2) is 18.2 Å². The maximum Gasteiger partial charge on any atom is 0.573 e. The van der Waals surface area contributed by atoms with Crippen LogP contribution in [0.2, 0.25) is 0 Å². The highest BCUT2D eigenvalue weighted by Crippen LogP contribution is 2.35. The Kier molecular flexibility index (Phi) is 10.1. The second-order valence-electron chi connectivity index (χ2n) is 5.85. The van der Waals surface area contributed by atoms with Gasteiger partial charge in [-0.1, -0.05) is 20.3 Å². The molecule has 0 aromatic heterocycles. The average molecular weight is 407 g/mol. The predicted molar refractivity (Wildman–Crippen MR) is 94.2 cm³/mol. The minimum atomic E-state index is -4.78. The minimum absolute atomic E-state index is 0. The van der Waals surface area contributed by atoms with E-state index in [9.17, 15) is 17.6 Å². The fourth-order valence-electron chi connectivity index (χ4n) is 2.99. The fourth-order valence-corrected chi connectivity index (χ4v) is 2.99. The van der Waals surface area contributed by atoms with E-state index < -0.39 is 12.2 Å². The Bertz CT molecular complexity index is 525. The van der Waals surface area contributed by atoms with Crippen LogP contribution in [0.1, 0.15) is 31.9 Å². The zero-order valence-corrected chi connectivity index (χ0v) is 15.7. The first-order chi connectivity index (χ1) is 10.8. The molecular formula is C16H24Cl2F4N2O. The third-order valence-corrected chi connectivity index (χ3v) is 4.25. The van der Waals surface area contributed by atoms with Crippen molar-refractivity contribution in [2.24, 2.45) is 5.92 Å². The third-order valence-electron chi connectivity index (χ3n) is 4.25. The van der Waals surface area contributed by atoms with Crippen LogP contribution in [0.3, 0.4) is 0 Å². The Morgan fingerprint density at radius 2 is 1.80 bits per heavy atom. The molecule has 1 fully saturated rings. The lowest BCUT2D eigenvalue weighted by Gasteiger charge is -2.38. The number of nitrogens with zero attached hydrogens (tertiary/aromatic N) is 1. The number of hydrogen-bond donors (Lipinski definition) is 1. The largest absolute Gasteiger partial charge is 0.573 e. The molecule has 0 saturated carbocycles. The Hall–Kier alpha value is -0.760. The first kappa shape index (κ1) is 24.2. The van der Waals surface area contributed by atoms with E-state index in [1.165, 1.54) is 6.07 Å². The van der Waals surface area contributed by atoms with Gasteiger partial charge in [-0.15, -0.1) is 38.0 Å². The van der Waals surface area contributed by atoms with E-state index in [1.807, 2.05) is 13.8 Å². The summed E-state index contributed by atoms with van der Waals surface area (Å²) < 4.78 is 55.5. The van der Waals surface area contributed by atoms with E-state index in [-0.39, 0.29) is 48.1 Å². The van der Waals surface area contributed by atoms with Crippen LogP contribution in [0.5, 0.6) is 5.75 Å². The monoisotopic (exact) mass is 406 g/mol. The summed E-state index contributed by atoms with van der Waals surface area (Å²) in [5.41, 5.74) is 0.267. The topological polar surface area (TPSA) is 24.5 Å². The average Bonchev–Trinajstić information content (AvgIpc) is 2.50.